The largest absolute Gasteiger partial charge is 2.00 e. The van der Waals surface area contributed by atoms with Gasteiger partial charge in [0.1, 0.15) is 36.6 Å². The first-order valence-electron chi connectivity index (χ1n) is 43.4. The molecule has 0 unspecified atom stereocenters. The Labute approximate surface area is 699 Å². The predicted molar refractivity (Wildman–Crippen MR) is 446 cm³/mol. The fraction of sp³-hybridized carbons (Fsp3) is 0.625. The van der Waals surface area contributed by atoms with E-state index in [4.69, 9.17) is 28.4 Å². The summed E-state index contributed by atoms with van der Waals surface area (Å²) >= 11 is 0. The summed E-state index contributed by atoms with van der Waals surface area (Å²) in [6.07, 6.45) is 28.1. The molecule has 0 spiro atoms. The van der Waals surface area contributed by atoms with E-state index in [1.165, 1.54) is 38.5 Å². The van der Waals surface area contributed by atoms with Gasteiger partial charge in [-0.05, 0) is 256 Å². The van der Waals surface area contributed by atoms with E-state index < -0.39 is 0 Å². The van der Waals surface area contributed by atoms with Crippen LogP contribution in [0.5, 0.6) is 0 Å². The maximum absolute atomic E-state index is 13.1. The molecule has 0 aromatic carbocycles. The van der Waals surface area contributed by atoms with Crippen molar-refractivity contribution in [1.82, 2.24) is 29.9 Å². The van der Waals surface area contributed by atoms with E-state index in [0.29, 0.717) is 174 Å². The van der Waals surface area contributed by atoms with E-state index in [0.717, 1.165) is 77.0 Å². The molecular weight excluding hydrogens is 1530 g/mol. The monoisotopic (exact) mass is 1660 g/mol. The maximum atomic E-state index is 13.1. The second-order valence-electron chi connectivity index (χ2n) is 37.2. The smallest absolute Gasteiger partial charge is 0.458 e. The molecule has 0 amide bonds. The number of carbonyl (C=O) groups excluding carboxylic acids is 6. The number of pyridine rings is 6. The number of rotatable bonds is 21. The molecule has 0 bridgehead atoms. The molecule has 18 atom stereocenters. The Bertz CT molecular complexity index is 3500. The number of hydrogen-bond donors (Lipinski definition) is 0. The molecule has 624 valence electrons. The average molecular weight is 1660 g/mol. The van der Waals surface area contributed by atoms with Crippen molar-refractivity contribution in [2.75, 3.05) is 0 Å². The number of carbonyl (C=O) groups is 6. The molecule has 6 aromatic rings. The van der Waals surface area contributed by atoms with Gasteiger partial charge in [-0.1, -0.05) is 163 Å². The van der Waals surface area contributed by atoms with Crippen molar-refractivity contribution < 1.29 is 76.7 Å². The van der Waals surface area contributed by atoms with E-state index in [-0.39, 0.29) is 91.9 Å². The molecule has 6 saturated carbocycles. The fourth-order valence-electron chi connectivity index (χ4n) is 18.9. The Morgan fingerprint density at radius 3 is 0.496 bits per heavy atom. The van der Waals surface area contributed by atoms with Crippen LogP contribution in [-0.2, 0) is 47.9 Å². The molecule has 19 heteroatoms. The van der Waals surface area contributed by atoms with Crippen LogP contribution in [0.3, 0.4) is 0 Å². The van der Waals surface area contributed by atoms with Gasteiger partial charge in [0.2, 0.25) is 0 Å². The summed E-state index contributed by atoms with van der Waals surface area (Å²) in [4.78, 5) is 105. The van der Waals surface area contributed by atoms with Gasteiger partial charge in [-0.2, -0.15) is 0 Å². The van der Waals surface area contributed by atoms with Crippen LogP contribution in [0.2, 0.25) is 0 Å². The minimum atomic E-state index is -0.333. The Hall–Kier alpha value is -7.66. The Morgan fingerprint density at radius 2 is 0.374 bits per heavy atom. The topological polar surface area (TPSA) is 235 Å². The van der Waals surface area contributed by atoms with Crippen molar-refractivity contribution in [2.45, 2.75) is 277 Å². The van der Waals surface area contributed by atoms with Gasteiger partial charge in [0.05, 0.1) is 67.5 Å². The van der Waals surface area contributed by atoms with Crippen LogP contribution >= 0.6 is 0 Å². The SMILES string of the molecule is CC(C)[C@@H]1CC[C@@H](C)C[C@H]1OC(=O)c1ccnc(-c2cc(C(=O)O[C@@H]3C[C@H](C)CC[C@H]3C(C)C)ccn2)c1.CC(C)[C@@H]1CC[C@@H](C)C[C@H]1OC(=O)c1ccnc(-c2cc(C(=O)O[C@@H]3C[C@H](C)CC[C@H]3C(C)C)ccn2)c1.CC(C)[C@@H]1CC[C@@H](C)C[C@H]1OC(=O)c1ccnc(-c2cc(C(=O)O[C@@H]3C[C@H](C)CC[C@H]3C(C)C)ccn2)c1.[Ru+2]. The maximum Gasteiger partial charge on any atom is 2.00 e. The molecule has 6 aromatic heterocycles. The summed E-state index contributed by atoms with van der Waals surface area (Å²) in [6.45, 7) is 39.8. The fourth-order valence-corrected chi connectivity index (χ4v) is 18.9. The molecular formula is C96H132N6O12Ru+2. The van der Waals surface area contributed by atoms with Crippen molar-refractivity contribution in [2.24, 2.45) is 107 Å². The number of aromatic nitrogens is 6. The molecule has 0 N–H and O–H groups in total. The standard InChI is InChI=1S/3C32H44N2O4.Ru/c3*1-19(2)25-9-7-21(5)15-29(25)37-31(35)23-11-13-33-27(17-23)28-18-24(12-14-34-28)32(36)38-30-16-22(6)8-10-26(30)20(3)4;/h3*11-14,17-22,25-26,29-30H,7-10,15-16H2,1-6H3;/q;;;+2/t3*21-,22-,25+,26+,29-,30-;/m111./s1. The van der Waals surface area contributed by atoms with E-state index in [2.05, 4.69) is 155 Å². The number of nitrogens with zero attached hydrogens (tertiary/aromatic N) is 6. The first kappa shape index (κ1) is 91.2. The van der Waals surface area contributed by atoms with Crippen LogP contribution in [0, 0.1) is 107 Å². The van der Waals surface area contributed by atoms with Crippen LogP contribution in [0.4, 0.5) is 0 Å². The predicted octanol–water partition coefficient (Wildman–Crippen LogP) is 22.1. The first-order chi connectivity index (χ1) is 54.4. The van der Waals surface area contributed by atoms with E-state index in [1.54, 1.807) is 110 Å². The summed E-state index contributed by atoms with van der Waals surface area (Å²) < 4.78 is 36.2. The number of esters is 6. The molecule has 0 saturated heterocycles. The van der Waals surface area contributed by atoms with Crippen LogP contribution < -0.4 is 0 Å². The van der Waals surface area contributed by atoms with Crippen molar-refractivity contribution >= 4 is 35.8 Å². The minimum absolute atomic E-state index is 0. The first-order valence-corrected chi connectivity index (χ1v) is 43.4. The van der Waals surface area contributed by atoms with Gasteiger partial charge >= 0.3 is 55.3 Å². The zero-order chi connectivity index (χ0) is 82.2. The Morgan fingerprint density at radius 1 is 0.243 bits per heavy atom. The molecule has 0 aliphatic heterocycles. The third-order valence-corrected chi connectivity index (χ3v) is 26.1. The second-order valence-corrected chi connectivity index (χ2v) is 37.2. The molecule has 6 fully saturated rings. The van der Waals surface area contributed by atoms with Crippen molar-refractivity contribution in [3.63, 3.8) is 0 Å². The van der Waals surface area contributed by atoms with Crippen molar-refractivity contribution in [3.8, 4) is 34.2 Å². The second kappa shape index (κ2) is 42.6. The van der Waals surface area contributed by atoms with Crippen LogP contribution in [-0.4, -0.2) is 102 Å². The molecule has 12 rings (SSSR count). The summed E-state index contributed by atoms with van der Waals surface area (Å²) in [5.41, 5.74) is 5.83. The molecule has 115 heavy (non-hydrogen) atoms. The van der Waals surface area contributed by atoms with Gasteiger partial charge in [0.25, 0.3) is 0 Å². The van der Waals surface area contributed by atoms with Gasteiger partial charge in [-0.15, -0.1) is 0 Å². The Kier molecular flexibility index (Phi) is 33.8. The third-order valence-electron chi connectivity index (χ3n) is 26.1. The number of ether oxygens (including phenoxy) is 6. The van der Waals surface area contributed by atoms with Gasteiger partial charge in [-0.3, -0.25) is 29.9 Å². The van der Waals surface area contributed by atoms with E-state index >= 15 is 0 Å². The normalized spacial score (nSPS) is 27.5. The summed E-state index contributed by atoms with van der Waals surface area (Å²) in [5.74, 6) is 6.37. The van der Waals surface area contributed by atoms with Gasteiger partial charge in [0.15, 0.2) is 0 Å². The zero-order valence-electron chi connectivity index (χ0n) is 71.9. The molecule has 0 radical (unpaired) electrons. The molecule has 6 aliphatic rings. The Balaban J connectivity index is 0.000000196. The summed E-state index contributed by atoms with van der Waals surface area (Å²) in [6, 6.07) is 20.3. The van der Waals surface area contributed by atoms with Gasteiger partial charge in [-0.25, -0.2) is 28.8 Å². The van der Waals surface area contributed by atoms with E-state index in [1.807, 2.05) is 0 Å². The molecule has 6 heterocycles. The molecule has 6 aliphatic carbocycles. The van der Waals surface area contributed by atoms with Crippen molar-refractivity contribution in [1.29, 1.82) is 0 Å². The summed E-state index contributed by atoms with van der Waals surface area (Å²) in [5, 5.41) is 0. The quantitative estimate of drug-likeness (QED) is 0.0370. The van der Waals surface area contributed by atoms with Crippen LogP contribution in [0.1, 0.15) is 302 Å². The van der Waals surface area contributed by atoms with Crippen molar-refractivity contribution in [3.05, 3.63) is 143 Å². The minimum Gasteiger partial charge on any atom is -0.458 e. The molecule has 18 nitrogen and oxygen atoms in total. The zero-order valence-corrected chi connectivity index (χ0v) is 73.7. The third kappa shape index (κ3) is 25.2. The summed E-state index contributed by atoms with van der Waals surface area (Å²) in [7, 11) is 0. The van der Waals surface area contributed by atoms with Gasteiger partial charge < -0.3 is 28.4 Å². The van der Waals surface area contributed by atoms with Crippen LogP contribution in [0.15, 0.2) is 110 Å². The van der Waals surface area contributed by atoms with E-state index in [9.17, 15) is 28.8 Å². The van der Waals surface area contributed by atoms with Gasteiger partial charge in [0, 0.05) is 37.2 Å². The van der Waals surface area contributed by atoms with Crippen LogP contribution in [0.25, 0.3) is 34.2 Å². The average Bonchev–Trinajstić information content (AvgIpc) is 0.808. The number of hydrogen-bond acceptors (Lipinski definition) is 18.